The summed E-state index contributed by atoms with van der Waals surface area (Å²) in [4.78, 5) is 37.4. The summed E-state index contributed by atoms with van der Waals surface area (Å²) in [5, 5.41) is 11.8. The van der Waals surface area contributed by atoms with Crippen LogP contribution in [0.15, 0.2) is 134 Å². The lowest BCUT2D eigenvalue weighted by Crippen LogP contribution is -2.44. The molecule has 0 saturated heterocycles. The van der Waals surface area contributed by atoms with E-state index in [-0.39, 0.29) is 38.6 Å². The van der Waals surface area contributed by atoms with Gasteiger partial charge < -0.3 is 33.3 Å². The fourth-order valence-corrected chi connectivity index (χ4v) is 9.19. The molecule has 2 unspecified atom stereocenters. The number of hydrogen-bond acceptors (Lipinski definition) is 8. The molecule has 0 radical (unpaired) electrons. The van der Waals surface area contributed by atoms with Crippen LogP contribution in [0, 0.1) is 0 Å². The number of carbonyl (C=O) groups excluding carboxylic acids is 3. The second-order valence-electron chi connectivity index (χ2n) is 23.7. The van der Waals surface area contributed by atoms with Gasteiger partial charge in [0, 0.05) is 12.8 Å². The monoisotopic (exact) mass is 1180 g/mol. The highest BCUT2D eigenvalue weighted by Crippen LogP contribution is 2.16. The van der Waals surface area contributed by atoms with E-state index < -0.39 is 24.3 Å². The molecular formula is C76H127NO8. The molecule has 0 aromatic heterocycles. The predicted molar refractivity (Wildman–Crippen MR) is 361 cm³/mol. The Balaban J connectivity index is 4.18. The molecule has 0 fully saturated rings. The van der Waals surface area contributed by atoms with Crippen LogP contribution in [0.25, 0.3) is 0 Å². The number of esters is 2. The number of rotatable bonds is 62. The van der Waals surface area contributed by atoms with Gasteiger partial charge in [0.15, 0.2) is 12.4 Å². The predicted octanol–water partition coefficient (Wildman–Crippen LogP) is 20.0. The van der Waals surface area contributed by atoms with Crippen LogP contribution in [0.3, 0.4) is 0 Å². The van der Waals surface area contributed by atoms with Gasteiger partial charge in [-0.15, -0.1) is 0 Å². The Morgan fingerprint density at radius 3 is 1.00 bits per heavy atom. The van der Waals surface area contributed by atoms with Crippen molar-refractivity contribution in [3.05, 3.63) is 134 Å². The lowest BCUT2D eigenvalue weighted by molar-refractivity contribution is -0.870. The van der Waals surface area contributed by atoms with Gasteiger partial charge in [-0.3, -0.25) is 9.59 Å². The highest BCUT2D eigenvalue weighted by molar-refractivity contribution is 5.70. The molecule has 2 atom stereocenters. The second-order valence-corrected chi connectivity index (χ2v) is 23.7. The summed E-state index contributed by atoms with van der Waals surface area (Å²) in [6, 6.07) is 0. The molecule has 0 bridgehead atoms. The fourth-order valence-electron chi connectivity index (χ4n) is 9.19. The van der Waals surface area contributed by atoms with Gasteiger partial charge in [0.2, 0.25) is 0 Å². The molecule has 0 amide bonds. The number of quaternary nitrogens is 1. The number of aliphatic carboxylic acids is 1. The number of carboxylic acids is 1. The third kappa shape index (κ3) is 66.8. The smallest absolute Gasteiger partial charge is 0.306 e. The number of hydrogen-bond donors (Lipinski definition) is 0. The molecule has 9 heteroatoms. The molecule has 484 valence electrons. The van der Waals surface area contributed by atoms with Crippen LogP contribution >= 0.6 is 0 Å². The SMILES string of the molecule is CC/C=C\C/C=C\C/C=C\C/C=C\C/C=C\C/C=C\C/C=C\C/C=C\C/C=C\C/C=C\C/C=C\CCCCCCCCCC(=O)OC(COC(=O)CCCCCCCCCCCCCCCCCCCCC)COC(OCC[N+](C)(C)C)C(=O)[O-]. The zero-order valence-corrected chi connectivity index (χ0v) is 55.2. The van der Waals surface area contributed by atoms with Gasteiger partial charge in [0.25, 0.3) is 0 Å². The van der Waals surface area contributed by atoms with Crippen molar-refractivity contribution in [1.29, 1.82) is 0 Å². The average Bonchev–Trinajstić information content (AvgIpc) is 3.49. The minimum absolute atomic E-state index is 0.141. The quantitative estimate of drug-likeness (QED) is 0.0195. The Morgan fingerprint density at radius 1 is 0.365 bits per heavy atom. The molecule has 0 rings (SSSR count). The summed E-state index contributed by atoms with van der Waals surface area (Å²) in [5.74, 6) is -2.30. The summed E-state index contributed by atoms with van der Waals surface area (Å²) < 4.78 is 22.7. The maximum absolute atomic E-state index is 12.9. The van der Waals surface area contributed by atoms with Crippen LogP contribution in [0.1, 0.15) is 271 Å². The first-order valence-corrected chi connectivity index (χ1v) is 34.3. The lowest BCUT2D eigenvalue weighted by atomic mass is 10.0. The fraction of sp³-hybridized carbons (Fsp3) is 0.671. The molecule has 85 heavy (non-hydrogen) atoms. The number of allylic oxidation sites excluding steroid dienone is 22. The largest absolute Gasteiger partial charge is 0.545 e. The van der Waals surface area contributed by atoms with E-state index in [9.17, 15) is 19.5 Å². The van der Waals surface area contributed by atoms with Crippen LogP contribution in [-0.4, -0.2) is 82.3 Å². The molecule has 0 heterocycles. The van der Waals surface area contributed by atoms with Crippen LogP contribution in [0.5, 0.6) is 0 Å². The molecule has 0 aromatic carbocycles. The van der Waals surface area contributed by atoms with E-state index in [1.165, 1.54) is 122 Å². The van der Waals surface area contributed by atoms with Gasteiger partial charge in [-0.25, -0.2) is 0 Å². The van der Waals surface area contributed by atoms with Gasteiger partial charge in [-0.05, 0) is 96.3 Å². The van der Waals surface area contributed by atoms with Crippen LogP contribution in [-0.2, 0) is 33.3 Å². The third-order valence-electron chi connectivity index (χ3n) is 14.4. The van der Waals surface area contributed by atoms with E-state index in [1.807, 2.05) is 21.1 Å². The maximum atomic E-state index is 12.9. The molecule has 0 aliphatic carbocycles. The van der Waals surface area contributed by atoms with Gasteiger partial charge in [0.05, 0.1) is 40.3 Å². The van der Waals surface area contributed by atoms with Gasteiger partial charge in [0.1, 0.15) is 13.2 Å². The maximum Gasteiger partial charge on any atom is 0.306 e. The summed E-state index contributed by atoms with van der Waals surface area (Å²) in [5.41, 5.74) is 0. The molecular weight excluding hydrogens is 1050 g/mol. The second kappa shape index (κ2) is 65.4. The van der Waals surface area contributed by atoms with E-state index in [0.29, 0.717) is 17.4 Å². The minimum atomic E-state index is -1.63. The topological polar surface area (TPSA) is 111 Å². The van der Waals surface area contributed by atoms with Crippen molar-refractivity contribution in [2.75, 3.05) is 47.5 Å². The Labute approximate surface area is 522 Å². The number of carboxylic acid groups (broad SMARTS) is 1. The van der Waals surface area contributed by atoms with Crippen LogP contribution < -0.4 is 5.11 Å². The van der Waals surface area contributed by atoms with Gasteiger partial charge in [-0.2, -0.15) is 0 Å². The summed E-state index contributed by atoms with van der Waals surface area (Å²) in [6.45, 7) is 4.63. The number of nitrogens with zero attached hydrogens (tertiary/aromatic N) is 1. The van der Waals surface area contributed by atoms with E-state index in [4.69, 9.17) is 18.9 Å². The van der Waals surface area contributed by atoms with Crippen molar-refractivity contribution < 1.29 is 42.9 Å². The van der Waals surface area contributed by atoms with Crippen molar-refractivity contribution >= 4 is 17.9 Å². The van der Waals surface area contributed by atoms with Crippen LogP contribution in [0.4, 0.5) is 0 Å². The molecule has 0 aliphatic rings. The van der Waals surface area contributed by atoms with Crippen LogP contribution in [0.2, 0.25) is 0 Å². The van der Waals surface area contributed by atoms with Crippen molar-refractivity contribution in [2.24, 2.45) is 0 Å². The summed E-state index contributed by atoms with van der Waals surface area (Å²) in [7, 11) is 5.92. The first-order valence-electron chi connectivity index (χ1n) is 34.3. The Kier molecular flexibility index (Phi) is 61.9. The number of ether oxygens (including phenoxy) is 4. The van der Waals surface area contributed by atoms with E-state index in [1.54, 1.807) is 0 Å². The van der Waals surface area contributed by atoms with Crippen molar-refractivity contribution in [3.63, 3.8) is 0 Å². The number of unbranched alkanes of at least 4 members (excludes halogenated alkanes) is 25. The first-order chi connectivity index (χ1) is 41.6. The average molecular weight is 1180 g/mol. The van der Waals surface area contributed by atoms with Crippen molar-refractivity contribution in [3.8, 4) is 0 Å². The van der Waals surface area contributed by atoms with Crippen molar-refractivity contribution in [2.45, 2.75) is 283 Å². The van der Waals surface area contributed by atoms with E-state index >= 15 is 0 Å². The molecule has 9 nitrogen and oxygen atoms in total. The third-order valence-corrected chi connectivity index (χ3v) is 14.4. The molecule has 0 spiro atoms. The zero-order chi connectivity index (χ0) is 61.9. The van der Waals surface area contributed by atoms with E-state index in [2.05, 4.69) is 148 Å². The Hall–Kier alpha value is -4.57. The standard InChI is InChI=1S/C76H127NO8/c1-6-8-10-12-14-16-18-20-22-24-26-27-28-29-30-31-32-33-34-35-36-37-38-39-40-41-42-43-44-45-46-47-49-51-53-55-57-59-61-63-65-67-74(79)85-72(71-84-76(75(80)81)82-69-68-77(3,4)5)70-83-73(78)66-64-62-60-58-56-54-52-50-48-25-23-21-19-17-15-13-11-9-7-2/h8,10,14,16,20,22,26-27,29-30,32-33,35-36,38-39,41-42,44-45,47,49,72,76H,6-7,9,11-13,15,17-19,21,23-25,28,31,34,37,40,43,46,48,50-71H2,1-5H3/b10-8-,16-14-,22-20-,27-26-,30-29-,33-32-,36-35-,39-38-,42-41-,45-44-,49-47-. The Bertz CT molecular complexity index is 1860. The first kappa shape index (κ1) is 80.4. The normalized spacial score (nSPS) is 13.6. The van der Waals surface area contributed by atoms with Gasteiger partial charge in [-0.1, -0.05) is 295 Å². The minimum Gasteiger partial charge on any atom is -0.545 e. The molecule has 0 aliphatic heterocycles. The molecule has 0 saturated carbocycles. The number of likely N-dealkylation sites (N-methyl/N-ethyl adjacent to an activating group) is 1. The Morgan fingerprint density at radius 2 is 0.671 bits per heavy atom. The number of carbonyl (C=O) groups is 3. The summed E-state index contributed by atoms with van der Waals surface area (Å²) >= 11 is 0. The molecule has 0 aromatic rings. The zero-order valence-electron chi connectivity index (χ0n) is 55.2. The van der Waals surface area contributed by atoms with Crippen molar-refractivity contribution in [1.82, 2.24) is 0 Å². The summed E-state index contributed by atoms with van der Waals surface area (Å²) in [6.07, 6.45) is 90.9. The van der Waals surface area contributed by atoms with Gasteiger partial charge >= 0.3 is 11.9 Å². The lowest BCUT2D eigenvalue weighted by Gasteiger charge is -2.26. The highest BCUT2D eigenvalue weighted by Gasteiger charge is 2.22. The van der Waals surface area contributed by atoms with E-state index in [0.717, 1.165) is 116 Å². The highest BCUT2D eigenvalue weighted by atomic mass is 16.7. The molecule has 0 N–H and O–H groups in total.